The van der Waals surface area contributed by atoms with Crippen LogP contribution >= 0.6 is 35.0 Å². The summed E-state index contributed by atoms with van der Waals surface area (Å²) in [6.45, 7) is 2.38. The maximum absolute atomic E-state index is 13.2. The molecule has 0 aromatic heterocycles. The number of hydrogen-bond donors (Lipinski definition) is 0. The fourth-order valence-corrected chi connectivity index (χ4v) is 7.25. The number of hydrogen-bond acceptors (Lipinski definition) is 3. The summed E-state index contributed by atoms with van der Waals surface area (Å²) in [5.74, 6) is 1.47. The van der Waals surface area contributed by atoms with Gasteiger partial charge in [0.25, 0.3) is 0 Å². The first-order valence-corrected chi connectivity index (χ1v) is 12.3. The Bertz CT molecular complexity index is 716. The second-order valence-electron chi connectivity index (χ2n) is 8.69. The van der Waals surface area contributed by atoms with Gasteiger partial charge in [0.2, 0.25) is 5.91 Å². The molecule has 28 heavy (non-hydrogen) atoms. The standard InChI is InChI=1S/C22H30Cl2N2OS/c1-25(21(27)14-16-5-6-17(23)18(24)13-16)20-15-22(8-4-12-28-22)9-7-19(20)26-10-2-3-11-26/h5-6,13,19-20H,2-4,7-12,14-15H2,1H3/t19-,20-,22?/m0/s1. The quantitative estimate of drug-likeness (QED) is 0.636. The van der Waals surface area contributed by atoms with E-state index in [1.54, 1.807) is 6.07 Å². The van der Waals surface area contributed by atoms with Crippen molar-refractivity contribution in [3.05, 3.63) is 33.8 Å². The number of likely N-dealkylation sites (tertiary alicyclic amines) is 1. The lowest BCUT2D eigenvalue weighted by Crippen LogP contribution is -2.57. The molecule has 1 spiro atoms. The molecule has 0 radical (unpaired) electrons. The highest BCUT2D eigenvalue weighted by atomic mass is 35.5. The second kappa shape index (κ2) is 8.75. The number of likely N-dealkylation sites (N-methyl/N-ethyl adjacent to an activating group) is 1. The lowest BCUT2D eigenvalue weighted by molar-refractivity contribution is -0.133. The predicted molar refractivity (Wildman–Crippen MR) is 120 cm³/mol. The summed E-state index contributed by atoms with van der Waals surface area (Å²) in [5.41, 5.74) is 0.935. The van der Waals surface area contributed by atoms with Gasteiger partial charge in [-0.15, -0.1) is 0 Å². The van der Waals surface area contributed by atoms with Crippen LogP contribution < -0.4 is 0 Å². The zero-order valence-corrected chi connectivity index (χ0v) is 19.0. The van der Waals surface area contributed by atoms with Crippen LogP contribution in [0, 0.1) is 0 Å². The molecule has 0 N–H and O–H groups in total. The van der Waals surface area contributed by atoms with Crippen molar-refractivity contribution >= 4 is 40.9 Å². The number of rotatable bonds is 4. The van der Waals surface area contributed by atoms with Crippen LogP contribution in [0.3, 0.4) is 0 Å². The molecular weight excluding hydrogens is 411 g/mol. The maximum Gasteiger partial charge on any atom is 0.227 e. The Labute approximate surface area is 183 Å². The smallest absolute Gasteiger partial charge is 0.227 e. The van der Waals surface area contributed by atoms with Crippen molar-refractivity contribution in [1.29, 1.82) is 0 Å². The summed E-state index contributed by atoms with van der Waals surface area (Å²) in [7, 11) is 2.02. The molecule has 1 aliphatic carbocycles. The van der Waals surface area contributed by atoms with Crippen LogP contribution in [0.1, 0.15) is 50.5 Å². The SMILES string of the molecule is CN(C(=O)Cc1ccc(Cl)c(Cl)c1)[C@H]1CC2(CCCS2)CC[C@@H]1N1CCCC1. The third-order valence-electron chi connectivity index (χ3n) is 6.95. The van der Waals surface area contributed by atoms with Gasteiger partial charge in [0, 0.05) is 23.9 Å². The second-order valence-corrected chi connectivity index (χ2v) is 11.1. The fourth-order valence-electron chi connectivity index (χ4n) is 5.36. The molecule has 1 amide bonds. The molecule has 3 aliphatic rings. The number of carbonyl (C=O) groups is 1. The highest BCUT2D eigenvalue weighted by Gasteiger charge is 2.47. The van der Waals surface area contributed by atoms with Crippen LogP contribution in [0.15, 0.2) is 18.2 Å². The van der Waals surface area contributed by atoms with Crippen LogP contribution in [0.2, 0.25) is 10.0 Å². The Kier molecular flexibility index (Phi) is 6.51. The maximum atomic E-state index is 13.2. The highest BCUT2D eigenvalue weighted by molar-refractivity contribution is 8.00. The zero-order valence-electron chi connectivity index (χ0n) is 16.6. The van der Waals surface area contributed by atoms with E-state index in [1.807, 2.05) is 19.2 Å². The van der Waals surface area contributed by atoms with E-state index in [0.29, 0.717) is 33.3 Å². The third-order valence-corrected chi connectivity index (χ3v) is 9.37. The van der Waals surface area contributed by atoms with Gasteiger partial charge >= 0.3 is 0 Å². The van der Waals surface area contributed by atoms with Crippen molar-refractivity contribution in [2.45, 2.75) is 68.2 Å². The van der Waals surface area contributed by atoms with E-state index in [-0.39, 0.29) is 5.91 Å². The molecule has 2 aliphatic heterocycles. The highest BCUT2D eigenvalue weighted by Crippen LogP contribution is 2.50. The minimum absolute atomic E-state index is 0.188. The molecule has 4 rings (SSSR count). The van der Waals surface area contributed by atoms with E-state index < -0.39 is 0 Å². The summed E-state index contributed by atoms with van der Waals surface area (Å²) in [6.07, 6.45) is 9.29. The molecular formula is C22H30Cl2N2OS. The van der Waals surface area contributed by atoms with Gasteiger partial charge in [0.05, 0.1) is 16.5 Å². The van der Waals surface area contributed by atoms with Gasteiger partial charge in [0.15, 0.2) is 0 Å². The monoisotopic (exact) mass is 440 g/mol. The predicted octanol–water partition coefficient (Wildman–Crippen LogP) is 5.28. The number of thioether (sulfide) groups is 1. The number of amides is 1. The first kappa shape index (κ1) is 20.8. The van der Waals surface area contributed by atoms with Crippen LogP contribution in [0.4, 0.5) is 0 Å². The van der Waals surface area contributed by atoms with Gasteiger partial charge in [0.1, 0.15) is 0 Å². The van der Waals surface area contributed by atoms with Crippen LogP contribution in [-0.4, -0.2) is 58.4 Å². The lowest BCUT2D eigenvalue weighted by Gasteiger charge is -2.48. The third kappa shape index (κ3) is 4.35. The van der Waals surface area contributed by atoms with Crippen molar-refractivity contribution in [3.8, 4) is 0 Å². The van der Waals surface area contributed by atoms with Crippen molar-refractivity contribution in [2.75, 3.05) is 25.9 Å². The average Bonchev–Trinajstić information content (AvgIpc) is 3.37. The van der Waals surface area contributed by atoms with Gasteiger partial charge in [-0.1, -0.05) is 29.3 Å². The number of carbonyl (C=O) groups excluding carboxylic acids is 1. The molecule has 154 valence electrons. The molecule has 6 heteroatoms. The lowest BCUT2D eigenvalue weighted by atomic mass is 9.78. The normalized spacial score (nSPS) is 30.8. The molecule has 2 heterocycles. The topological polar surface area (TPSA) is 23.6 Å². The van der Waals surface area contributed by atoms with Gasteiger partial charge < -0.3 is 4.90 Å². The average molecular weight is 441 g/mol. The van der Waals surface area contributed by atoms with Crippen molar-refractivity contribution in [2.24, 2.45) is 0 Å². The Balaban J connectivity index is 1.50. The van der Waals surface area contributed by atoms with E-state index >= 15 is 0 Å². The summed E-state index contributed by atoms with van der Waals surface area (Å²) in [6, 6.07) is 6.34. The van der Waals surface area contributed by atoms with E-state index in [2.05, 4.69) is 21.6 Å². The van der Waals surface area contributed by atoms with Crippen LogP contribution in [0.25, 0.3) is 0 Å². The molecule has 0 bridgehead atoms. The van der Waals surface area contributed by atoms with Crippen LogP contribution in [0.5, 0.6) is 0 Å². The summed E-state index contributed by atoms with van der Waals surface area (Å²) >= 11 is 14.3. The molecule has 1 unspecified atom stereocenters. The van der Waals surface area contributed by atoms with E-state index in [4.69, 9.17) is 23.2 Å². The minimum Gasteiger partial charge on any atom is -0.341 e. The molecule has 3 atom stereocenters. The first-order valence-electron chi connectivity index (χ1n) is 10.6. The Morgan fingerprint density at radius 2 is 2.00 bits per heavy atom. The van der Waals surface area contributed by atoms with E-state index in [9.17, 15) is 4.79 Å². The Morgan fingerprint density at radius 3 is 2.68 bits per heavy atom. The van der Waals surface area contributed by atoms with Crippen molar-refractivity contribution in [1.82, 2.24) is 9.80 Å². The first-order chi connectivity index (χ1) is 13.5. The summed E-state index contributed by atoms with van der Waals surface area (Å²) in [4.78, 5) is 17.9. The van der Waals surface area contributed by atoms with Gasteiger partial charge in [-0.2, -0.15) is 11.8 Å². The summed E-state index contributed by atoms with van der Waals surface area (Å²) in [5, 5.41) is 1.05. The van der Waals surface area contributed by atoms with Gasteiger partial charge in [-0.25, -0.2) is 0 Å². The van der Waals surface area contributed by atoms with Crippen molar-refractivity contribution < 1.29 is 4.79 Å². The molecule has 3 fully saturated rings. The van der Waals surface area contributed by atoms with Gasteiger partial charge in [-0.3, -0.25) is 9.69 Å². The van der Waals surface area contributed by atoms with E-state index in [1.165, 1.54) is 57.4 Å². The van der Waals surface area contributed by atoms with Crippen molar-refractivity contribution in [3.63, 3.8) is 0 Å². The largest absolute Gasteiger partial charge is 0.341 e. The minimum atomic E-state index is 0.188. The molecule has 3 nitrogen and oxygen atoms in total. The van der Waals surface area contributed by atoms with Crippen LogP contribution in [-0.2, 0) is 11.2 Å². The number of benzene rings is 1. The van der Waals surface area contributed by atoms with E-state index in [0.717, 1.165) is 12.0 Å². The fraction of sp³-hybridized carbons (Fsp3) is 0.682. The number of halogens is 2. The number of nitrogens with zero attached hydrogens (tertiary/aromatic N) is 2. The molecule has 2 saturated heterocycles. The summed E-state index contributed by atoms with van der Waals surface area (Å²) < 4.78 is 0.402. The molecule has 1 aromatic rings. The Morgan fingerprint density at radius 1 is 1.21 bits per heavy atom. The molecule has 1 saturated carbocycles. The zero-order chi connectivity index (χ0) is 19.7. The molecule has 1 aromatic carbocycles. The Hall–Kier alpha value is -0.420. The van der Waals surface area contributed by atoms with Gasteiger partial charge in [-0.05, 0) is 81.5 Å².